The van der Waals surface area contributed by atoms with Crippen molar-refractivity contribution in [3.05, 3.63) is 60.5 Å². The first-order valence-corrected chi connectivity index (χ1v) is 24.2. The maximum absolute atomic E-state index is 14.8. The number of hydrazine groups is 1. The average Bonchev–Trinajstić information content (AvgIpc) is 3.84. The summed E-state index contributed by atoms with van der Waals surface area (Å²) < 4.78 is 20.6. The number of ether oxygens (including phenoxy) is 3. The number of fused-ring (bicyclic) bond motifs is 6. The third-order valence-corrected chi connectivity index (χ3v) is 13.8. The van der Waals surface area contributed by atoms with Crippen LogP contribution in [-0.2, 0) is 51.1 Å². The van der Waals surface area contributed by atoms with Crippen LogP contribution >= 0.6 is 0 Å². The Bertz CT molecular complexity index is 2300. The number of nitrogens with one attached hydrogen (secondary N) is 2. The fourth-order valence-electron chi connectivity index (χ4n) is 10.3. The smallest absolute Gasteiger partial charge is 0.355 e. The second-order valence-electron chi connectivity index (χ2n) is 19.7. The number of aliphatic hydroxyl groups is 1. The molecule has 1 aromatic heterocycles. The Morgan fingerprint density at radius 2 is 1.85 bits per heavy atom. The van der Waals surface area contributed by atoms with E-state index in [4.69, 9.17) is 19.2 Å². The maximum Gasteiger partial charge on any atom is 0.355 e. The van der Waals surface area contributed by atoms with E-state index in [-0.39, 0.29) is 62.8 Å². The number of likely N-dealkylation sites (N-methyl/N-ethyl adjacent to an activating group) is 1. The van der Waals surface area contributed by atoms with Crippen molar-refractivity contribution in [2.45, 2.75) is 124 Å². The van der Waals surface area contributed by atoms with Crippen LogP contribution in [0.15, 0.2) is 54.2 Å². The number of allylic oxidation sites excluding steroid dienone is 2. The molecule has 0 radical (unpaired) electrons. The minimum atomic E-state index is -2.24. The van der Waals surface area contributed by atoms with Crippen molar-refractivity contribution >= 4 is 58.0 Å². The lowest BCUT2D eigenvalue weighted by atomic mass is 9.84. The summed E-state index contributed by atoms with van der Waals surface area (Å²) in [6.45, 7) is 24.3. The summed E-state index contributed by atoms with van der Waals surface area (Å²) in [7, 11) is 3.23. The van der Waals surface area contributed by atoms with Gasteiger partial charge < -0.3 is 43.9 Å². The number of esters is 1. The number of aliphatic imine (C=N–C) groups is 1. The van der Waals surface area contributed by atoms with Crippen molar-refractivity contribution in [3.8, 4) is 0 Å². The van der Waals surface area contributed by atoms with Crippen molar-refractivity contribution in [2.75, 3.05) is 65.0 Å². The van der Waals surface area contributed by atoms with Gasteiger partial charge in [0, 0.05) is 107 Å². The van der Waals surface area contributed by atoms with Crippen LogP contribution in [0.1, 0.15) is 91.8 Å². The van der Waals surface area contributed by atoms with E-state index in [1.165, 1.54) is 16.0 Å². The number of aryl methyl sites for hydroxylation is 1. The van der Waals surface area contributed by atoms with Gasteiger partial charge in [0.2, 0.25) is 23.4 Å². The summed E-state index contributed by atoms with van der Waals surface area (Å²) in [5.74, 6) is -3.43. The summed E-state index contributed by atoms with van der Waals surface area (Å²) >= 11 is 0. The van der Waals surface area contributed by atoms with Crippen LogP contribution in [0.5, 0.6) is 0 Å². The lowest BCUT2D eigenvalue weighted by Gasteiger charge is -2.41. The van der Waals surface area contributed by atoms with Gasteiger partial charge in [-0.2, -0.15) is 5.43 Å². The van der Waals surface area contributed by atoms with Gasteiger partial charge in [-0.25, -0.2) is 4.79 Å². The second-order valence-corrected chi connectivity index (χ2v) is 19.7. The number of benzene rings is 1. The van der Waals surface area contributed by atoms with Crippen LogP contribution in [0, 0.1) is 17.3 Å². The van der Waals surface area contributed by atoms with Crippen LogP contribution in [0.4, 0.5) is 5.69 Å². The molecule has 5 heterocycles. The minimum Gasteiger partial charge on any atom is -0.462 e. The number of likely N-dealkylation sites (tertiary alicyclic amines) is 1. The molecule has 17 heteroatoms. The fourth-order valence-corrected chi connectivity index (χ4v) is 10.3. The Morgan fingerprint density at radius 3 is 2.51 bits per heavy atom. The number of nitrogens with zero attached hydrogens (tertiary/aromatic N) is 6. The number of rotatable bonds is 12. The predicted octanol–water partition coefficient (Wildman–Crippen LogP) is 4.61. The molecule has 3 saturated heterocycles. The zero-order valence-corrected chi connectivity index (χ0v) is 41.6. The van der Waals surface area contributed by atoms with Gasteiger partial charge in [-0.3, -0.25) is 29.2 Å². The lowest BCUT2D eigenvalue weighted by molar-refractivity contribution is -0.189. The molecule has 17 nitrogen and oxygen atoms in total. The topological polar surface area (TPSA) is 188 Å². The molecule has 6 bridgehead atoms. The second kappa shape index (κ2) is 21.9. The number of cyclic esters (lactones) is 1. The van der Waals surface area contributed by atoms with Gasteiger partial charge in [-0.05, 0) is 82.2 Å². The summed E-state index contributed by atoms with van der Waals surface area (Å²) in [5.41, 5.74) is 5.35. The third kappa shape index (κ3) is 11.1. The quantitative estimate of drug-likeness (QED) is 0.117. The molecule has 3 N–H and O–H groups in total. The molecule has 0 unspecified atom stereocenters. The van der Waals surface area contributed by atoms with Crippen molar-refractivity contribution in [1.82, 2.24) is 30.1 Å². The molecule has 4 amide bonds. The number of hydrogen-bond donors (Lipinski definition) is 3. The molecule has 0 saturated carbocycles. The summed E-state index contributed by atoms with van der Waals surface area (Å²) in [6, 6.07) is 4.27. The number of carbonyl (C=O) groups excluding carboxylic acids is 5. The van der Waals surface area contributed by atoms with Crippen LogP contribution in [-0.4, -0.2) is 150 Å². The predicted molar refractivity (Wildman–Crippen MR) is 262 cm³/mol. The molecule has 6 rings (SSSR count). The first-order chi connectivity index (χ1) is 32.3. The molecule has 0 spiro atoms. The Labute approximate surface area is 401 Å². The molecular formula is C51H74N8O9. The lowest BCUT2D eigenvalue weighted by Crippen LogP contribution is -2.67. The van der Waals surface area contributed by atoms with Gasteiger partial charge in [-0.1, -0.05) is 46.9 Å². The molecule has 372 valence electrons. The minimum absolute atomic E-state index is 0.0180. The summed E-state index contributed by atoms with van der Waals surface area (Å²) in [5, 5.41) is 17.1. The number of hydrogen-bond acceptors (Lipinski definition) is 12. The molecule has 4 aliphatic heterocycles. The van der Waals surface area contributed by atoms with Gasteiger partial charge in [0.15, 0.2) is 0 Å². The normalized spacial score (nSPS) is 25.0. The largest absolute Gasteiger partial charge is 0.462 e. The molecule has 68 heavy (non-hydrogen) atoms. The van der Waals surface area contributed by atoms with E-state index < -0.39 is 53.0 Å². The molecule has 2 aromatic rings. The molecule has 6 atom stereocenters. The Kier molecular flexibility index (Phi) is 16.8. The van der Waals surface area contributed by atoms with Gasteiger partial charge in [-0.15, -0.1) is 0 Å². The molecule has 1 aromatic carbocycles. The van der Waals surface area contributed by atoms with Crippen LogP contribution in [0.25, 0.3) is 16.5 Å². The zero-order chi connectivity index (χ0) is 49.7. The van der Waals surface area contributed by atoms with Crippen molar-refractivity contribution < 1.29 is 43.3 Å². The van der Waals surface area contributed by atoms with E-state index >= 15 is 0 Å². The number of carbonyl (C=O) groups is 5. The SMILES string of the molecule is C=CC(=O)N1CC[C@H](C(=O)N(C)[C@H](C(=O)N[C@H]2C[C@H]3CN(CCCO3)c3ccc4c(c3)c(c(/C(C=C)=C(/N=CC)[C@H](C)OC)n4CC)CC(C)(C)COC(=O)[C@@]3(O)CCCN(N3)C2=O)C(C)C)C1. The highest BCUT2D eigenvalue weighted by Gasteiger charge is 2.46. The highest BCUT2D eigenvalue weighted by molar-refractivity contribution is 5.96. The average molecular weight is 943 g/mol. The standard InChI is InChI=1S/C51H74N8O9/c1-12-37(43(52-14-3)33(7)66-11)45-39-28-50(8,9)31-68-49(64)51(65)21-16-23-59(54-51)48(63)40(27-36-30-56(22-17-25-67-36)35-18-19-41(38(39)26-35)58(45)15-4)53-46(61)44(32(5)6)55(10)47(62)34-20-24-57(29-34)42(60)13-2/h12-14,18-19,26,32-34,36,40,44,54,65H,1-2,15-17,20-25,27-31H2,3-11H3,(H,53,61)/b43-37+,52-14?/t33-,34-,36-,40-,44-,51-/m0/s1. The van der Waals surface area contributed by atoms with E-state index in [1.54, 1.807) is 25.3 Å². The zero-order valence-electron chi connectivity index (χ0n) is 41.6. The van der Waals surface area contributed by atoms with Crippen molar-refractivity contribution in [2.24, 2.45) is 22.2 Å². The molecule has 0 aliphatic carbocycles. The fraction of sp³-hybridized carbons (Fsp3) is 0.608. The van der Waals surface area contributed by atoms with Gasteiger partial charge >= 0.3 is 5.97 Å². The van der Waals surface area contributed by atoms with Gasteiger partial charge in [0.05, 0.1) is 36.1 Å². The summed E-state index contributed by atoms with van der Waals surface area (Å²) in [4.78, 5) is 79.8. The van der Waals surface area contributed by atoms with Crippen molar-refractivity contribution in [1.29, 1.82) is 0 Å². The van der Waals surface area contributed by atoms with E-state index in [2.05, 4.69) is 58.5 Å². The van der Waals surface area contributed by atoms with Crippen LogP contribution in [0.3, 0.4) is 0 Å². The Morgan fingerprint density at radius 1 is 1.10 bits per heavy atom. The first-order valence-electron chi connectivity index (χ1n) is 24.2. The number of methoxy groups -OCH3 is 1. The maximum atomic E-state index is 14.8. The van der Waals surface area contributed by atoms with E-state index in [0.29, 0.717) is 52.0 Å². The van der Waals surface area contributed by atoms with Gasteiger partial charge in [0.25, 0.3) is 5.91 Å². The molecular weight excluding hydrogens is 869 g/mol. The number of amides is 4. The highest BCUT2D eigenvalue weighted by atomic mass is 16.6. The van der Waals surface area contributed by atoms with Gasteiger partial charge in [0.1, 0.15) is 12.1 Å². The van der Waals surface area contributed by atoms with E-state index in [0.717, 1.165) is 39.1 Å². The van der Waals surface area contributed by atoms with Crippen LogP contribution < -0.4 is 15.6 Å². The van der Waals surface area contributed by atoms with Crippen LogP contribution in [0.2, 0.25) is 0 Å². The monoisotopic (exact) mass is 943 g/mol. The van der Waals surface area contributed by atoms with Crippen molar-refractivity contribution in [3.63, 3.8) is 0 Å². The number of anilines is 1. The Hall–Kier alpha value is -5.36. The first kappa shape index (κ1) is 52.0. The summed E-state index contributed by atoms with van der Waals surface area (Å²) in [6.07, 6.45) is 5.83. The molecule has 4 aliphatic rings. The Balaban J connectivity index is 1.43. The van der Waals surface area contributed by atoms with E-state index in [9.17, 15) is 29.1 Å². The third-order valence-electron chi connectivity index (χ3n) is 13.8. The number of aromatic nitrogens is 1. The molecule has 3 fully saturated rings. The highest BCUT2D eigenvalue weighted by Crippen LogP contribution is 2.40. The van der Waals surface area contributed by atoms with E-state index in [1.807, 2.05) is 47.6 Å².